The highest BCUT2D eigenvalue weighted by Crippen LogP contribution is 2.26. The zero-order chi connectivity index (χ0) is 15.2. The minimum Gasteiger partial charge on any atom is -0.487 e. The van der Waals surface area contributed by atoms with E-state index in [1.54, 1.807) is 18.2 Å². The first kappa shape index (κ1) is 16.1. The third kappa shape index (κ3) is 5.20. The molecule has 0 fully saturated rings. The van der Waals surface area contributed by atoms with Gasteiger partial charge in [0.15, 0.2) is 0 Å². The number of nitrogens with zero attached hydrogens (tertiary/aromatic N) is 1. The van der Waals surface area contributed by atoms with Crippen LogP contribution in [0.4, 0.5) is 0 Å². The van der Waals surface area contributed by atoms with Gasteiger partial charge in [0, 0.05) is 24.8 Å². The van der Waals surface area contributed by atoms with E-state index >= 15 is 0 Å². The molecule has 0 bridgehead atoms. The summed E-state index contributed by atoms with van der Waals surface area (Å²) in [7, 11) is 0. The molecule has 3 nitrogen and oxygen atoms in total. The van der Waals surface area contributed by atoms with Crippen molar-refractivity contribution in [2.24, 2.45) is 0 Å². The Balaban J connectivity index is 1.89. The molecule has 2 rings (SSSR count). The van der Waals surface area contributed by atoms with Crippen LogP contribution >= 0.6 is 23.2 Å². The van der Waals surface area contributed by atoms with Crippen molar-refractivity contribution in [1.82, 2.24) is 10.3 Å². The van der Waals surface area contributed by atoms with Crippen LogP contribution in [0.1, 0.15) is 25.1 Å². The first-order chi connectivity index (χ1) is 10.0. The molecule has 1 aromatic heterocycles. The van der Waals surface area contributed by atoms with E-state index in [0.717, 1.165) is 17.8 Å². The summed E-state index contributed by atoms with van der Waals surface area (Å²) in [5.41, 5.74) is 2.02. The number of hydrogen-bond donors (Lipinski definition) is 1. The van der Waals surface area contributed by atoms with Crippen LogP contribution in [-0.4, -0.2) is 11.0 Å². The van der Waals surface area contributed by atoms with Gasteiger partial charge in [-0.2, -0.15) is 0 Å². The zero-order valence-electron chi connectivity index (χ0n) is 12.1. The van der Waals surface area contributed by atoms with Gasteiger partial charge < -0.3 is 10.1 Å². The van der Waals surface area contributed by atoms with Gasteiger partial charge in [0.2, 0.25) is 0 Å². The van der Waals surface area contributed by atoms with Gasteiger partial charge in [-0.1, -0.05) is 43.1 Å². The predicted molar refractivity (Wildman–Crippen MR) is 87.0 cm³/mol. The average molecular weight is 325 g/mol. The lowest BCUT2D eigenvalue weighted by atomic mass is 10.2. The van der Waals surface area contributed by atoms with E-state index in [2.05, 4.69) is 30.2 Å². The number of ether oxygens (including phenoxy) is 1. The van der Waals surface area contributed by atoms with Crippen LogP contribution in [0.2, 0.25) is 10.0 Å². The third-order valence-corrected chi connectivity index (χ3v) is 3.62. The largest absolute Gasteiger partial charge is 0.487 e. The molecule has 2 aromatic rings. The van der Waals surface area contributed by atoms with Crippen molar-refractivity contribution in [3.8, 4) is 5.75 Å². The summed E-state index contributed by atoms with van der Waals surface area (Å²) >= 11 is 11.8. The van der Waals surface area contributed by atoms with Crippen molar-refractivity contribution in [2.45, 2.75) is 33.0 Å². The maximum absolute atomic E-state index is 5.94. The molecule has 0 amide bonds. The van der Waals surface area contributed by atoms with Gasteiger partial charge in [0.1, 0.15) is 12.4 Å². The summed E-state index contributed by atoms with van der Waals surface area (Å²) in [6, 6.07) is 9.68. The summed E-state index contributed by atoms with van der Waals surface area (Å²) in [5, 5.41) is 4.35. The first-order valence-electron chi connectivity index (χ1n) is 6.79. The Morgan fingerprint density at radius 2 is 1.95 bits per heavy atom. The molecular formula is C16H18Cl2N2O. The highest BCUT2D eigenvalue weighted by Gasteiger charge is 2.02. The van der Waals surface area contributed by atoms with Gasteiger partial charge in [0.05, 0.1) is 15.7 Å². The Labute approximate surface area is 135 Å². The topological polar surface area (TPSA) is 34.1 Å². The van der Waals surface area contributed by atoms with E-state index in [4.69, 9.17) is 27.9 Å². The smallest absolute Gasteiger partial charge is 0.130 e. The molecule has 0 aliphatic heterocycles. The lowest BCUT2D eigenvalue weighted by molar-refractivity contribution is 0.301. The lowest BCUT2D eigenvalue weighted by Crippen LogP contribution is -2.21. The number of benzene rings is 1. The van der Waals surface area contributed by atoms with Crippen LogP contribution in [0.15, 0.2) is 36.5 Å². The van der Waals surface area contributed by atoms with Crippen molar-refractivity contribution in [3.05, 3.63) is 57.8 Å². The number of hydrogen-bond acceptors (Lipinski definition) is 3. The maximum atomic E-state index is 5.94. The summed E-state index contributed by atoms with van der Waals surface area (Å²) in [4.78, 5) is 4.39. The predicted octanol–water partition coefficient (Wildman–Crippen LogP) is 4.47. The molecule has 1 aromatic carbocycles. The minimum absolute atomic E-state index is 0.399. The number of aromatic nitrogens is 1. The summed E-state index contributed by atoms with van der Waals surface area (Å²) in [6.45, 7) is 5.45. The maximum Gasteiger partial charge on any atom is 0.130 e. The van der Waals surface area contributed by atoms with Crippen LogP contribution in [0.3, 0.4) is 0 Å². The Kier molecular flexibility index (Phi) is 5.85. The first-order valence-corrected chi connectivity index (χ1v) is 7.55. The third-order valence-electron chi connectivity index (χ3n) is 2.88. The van der Waals surface area contributed by atoms with Gasteiger partial charge in [-0.3, -0.25) is 4.98 Å². The van der Waals surface area contributed by atoms with Crippen LogP contribution in [0.5, 0.6) is 5.75 Å². The molecule has 0 saturated heterocycles. The Morgan fingerprint density at radius 1 is 1.14 bits per heavy atom. The fourth-order valence-corrected chi connectivity index (χ4v) is 1.98. The molecule has 0 aliphatic rings. The zero-order valence-corrected chi connectivity index (χ0v) is 13.6. The van der Waals surface area contributed by atoms with Gasteiger partial charge in [0.25, 0.3) is 0 Å². The molecule has 21 heavy (non-hydrogen) atoms. The van der Waals surface area contributed by atoms with Crippen LogP contribution in [0.25, 0.3) is 0 Å². The molecule has 112 valence electrons. The van der Waals surface area contributed by atoms with E-state index in [-0.39, 0.29) is 0 Å². The van der Waals surface area contributed by atoms with E-state index < -0.39 is 0 Å². The fraction of sp³-hybridized carbons (Fsp3) is 0.312. The van der Waals surface area contributed by atoms with E-state index in [9.17, 15) is 0 Å². The minimum atomic E-state index is 0.399. The Bertz CT molecular complexity index is 585. The highest BCUT2D eigenvalue weighted by atomic mass is 35.5. The van der Waals surface area contributed by atoms with Gasteiger partial charge in [-0.05, 0) is 23.8 Å². The Hall–Kier alpha value is -1.29. The monoisotopic (exact) mass is 324 g/mol. The molecule has 0 aliphatic carbocycles. The van der Waals surface area contributed by atoms with Crippen LogP contribution in [0, 0.1) is 0 Å². The van der Waals surface area contributed by atoms with E-state index in [1.165, 1.54) is 0 Å². The summed E-state index contributed by atoms with van der Waals surface area (Å²) in [6.07, 6.45) is 1.86. The second-order valence-electron chi connectivity index (χ2n) is 5.06. The van der Waals surface area contributed by atoms with E-state index in [0.29, 0.717) is 28.4 Å². The molecule has 0 unspecified atom stereocenters. The number of nitrogens with one attached hydrogen (secondary N) is 1. The molecule has 0 atom stereocenters. The normalized spacial score (nSPS) is 10.9. The quantitative estimate of drug-likeness (QED) is 0.851. The number of halogens is 2. The van der Waals surface area contributed by atoms with Crippen molar-refractivity contribution in [3.63, 3.8) is 0 Å². The molecule has 1 heterocycles. The summed E-state index contributed by atoms with van der Waals surface area (Å²) < 4.78 is 5.64. The van der Waals surface area contributed by atoms with Gasteiger partial charge >= 0.3 is 0 Å². The van der Waals surface area contributed by atoms with Crippen LogP contribution in [-0.2, 0) is 13.2 Å². The van der Waals surface area contributed by atoms with Crippen LogP contribution < -0.4 is 10.1 Å². The fourth-order valence-electron chi connectivity index (χ4n) is 1.69. The van der Waals surface area contributed by atoms with Gasteiger partial charge in [-0.15, -0.1) is 0 Å². The molecule has 0 saturated carbocycles. The highest BCUT2D eigenvalue weighted by molar-refractivity contribution is 6.42. The van der Waals surface area contributed by atoms with Crippen molar-refractivity contribution in [2.75, 3.05) is 0 Å². The molecule has 0 radical (unpaired) electrons. The SMILES string of the molecule is CC(C)NCc1ccc(COc2ccc(Cl)c(Cl)c2)nc1. The standard InChI is InChI=1S/C16H18Cl2N2O/c1-11(2)19-8-12-3-4-13(20-9-12)10-21-14-5-6-15(17)16(18)7-14/h3-7,9,11,19H,8,10H2,1-2H3. The second-order valence-corrected chi connectivity index (χ2v) is 5.87. The van der Waals surface area contributed by atoms with Gasteiger partial charge in [-0.25, -0.2) is 0 Å². The number of pyridine rings is 1. The van der Waals surface area contributed by atoms with Crippen molar-refractivity contribution in [1.29, 1.82) is 0 Å². The lowest BCUT2D eigenvalue weighted by Gasteiger charge is -2.09. The van der Waals surface area contributed by atoms with Crippen molar-refractivity contribution >= 4 is 23.2 Å². The molecule has 5 heteroatoms. The Morgan fingerprint density at radius 3 is 2.57 bits per heavy atom. The molecular weight excluding hydrogens is 307 g/mol. The molecule has 1 N–H and O–H groups in total. The van der Waals surface area contributed by atoms with Crippen molar-refractivity contribution < 1.29 is 4.74 Å². The second kappa shape index (κ2) is 7.64. The molecule has 0 spiro atoms. The number of rotatable bonds is 6. The van der Waals surface area contributed by atoms with E-state index in [1.807, 2.05) is 12.3 Å². The summed E-state index contributed by atoms with van der Waals surface area (Å²) in [5.74, 6) is 0.678. The average Bonchev–Trinajstić information content (AvgIpc) is 2.47.